The number of rotatable bonds is 7. The van der Waals surface area contributed by atoms with Gasteiger partial charge >= 0.3 is 6.09 Å². The van der Waals surface area contributed by atoms with E-state index in [1.807, 2.05) is 12.1 Å². The van der Waals surface area contributed by atoms with E-state index in [4.69, 9.17) is 0 Å². The van der Waals surface area contributed by atoms with Crippen molar-refractivity contribution >= 4 is 17.8 Å². The van der Waals surface area contributed by atoms with Crippen molar-refractivity contribution in [1.82, 2.24) is 9.58 Å². The van der Waals surface area contributed by atoms with E-state index < -0.39 is 12.0 Å². The molecule has 0 fully saturated rings. The number of nitrogens with one attached hydrogen (secondary N) is 1. The second-order valence-electron chi connectivity index (χ2n) is 6.16. The Morgan fingerprint density at radius 1 is 0.893 bits per heavy atom. The van der Waals surface area contributed by atoms with Crippen LogP contribution in [0.25, 0.3) is 0 Å². The molecule has 0 atom stereocenters. The fourth-order valence-corrected chi connectivity index (χ4v) is 2.70. The largest absolute Gasteiger partial charge is 0.465 e. The summed E-state index contributed by atoms with van der Waals surface area (Å²) in [5, 5.41) is 9.35. The van der Waals surface area contributed by atoms with Crippen LogP contribution in [0.3, 0.4) is 0 Å². The van der Waals surface area contributed by atoms with Gasteiger partial charge in [-0.1, -0.05) is 60.7 Å². The topological polar surface area (TPSA) is 91.6 Å². The number of carboxylic acid groups (broad SMARTS) is 1. The van der Waals surface area contributed by atoms with Crippen LogP contribution in [0.1, 0.15) is 21.5 Å². The van der Waals surface area contributed by atoms with Gasteiger partial charge in [-0.25, -0.2) is 4.79 Å². The molecule has 2 N–H and O–H groups in total. The van der Waals surface area contributed by atoms with E-state index in [9.17, 15) is 19.5 Å². The first kappa shape index (κ1) is 18.9. The smallest absolute Gasteiger partial charge is 0.408 e. The molecule has 7 heteroatoms. The van der Waals surface area contributed by atoms with E-state index in [0.29, 0.717) is 11.1 Å². The molecule has 3 rings (SSSR count). The second-order valence-corrected chi connectivity index (χ2v) is 6.16. The lowest BCUT2D eigenvalue weighted by Crippen LogP contribution is -2.38. The van der Waals surface area contributed by atoms with E-state index in [0.717, 1.165) is 10.5 Å². The first-order chi connectivity index (χ1) is 13.5. The number of amides is 2. The van der Waals surface area contributed by atoms with Gasteiger partial charge < -0.3 is 5.11 Å². The minimum absolute atomic E-state index is 0.104. The van der Waals surface area contributed by atoms with Crippen molar-refractivity contribution in [3.8, 4) is 0 Å². The molecular weight excluding hydrogens is 358 g/mol. The summed E-state index contributed by atoms with van der Waals surface area (Å²) in [5.41, 5.74) is 4.32. The number of carbonyl (C=O) groups is 3. The third-order valence-corrected chi connectivity index (χ3v) is 4.07. The third kappa shape index (κ3) is 4.85. The summed E-state index contributed by atoms with van der Waals surface area (Å²) in [5.74, 6) is -0.669. The molecular formula is C21H19N3O4. The fraction of sp³-hybridized carbons (Fsp3) is 0.0952. The summed E-state index contributed by atoms with van der Waals surface area (Å²) in [6.45, 7) is -0.225. The van der Waals surface area contributed by atoms with Gasteiger partial charge in [-0.3, -0.25) is 24.6 Å². The number of benzene rings is 2. The van der Waals surface area contributed by atoms with E-state index in [2.05, 4.69) is 5.43 Å². The quantitative estimate of drug-likeness (QED) is 0.619. The number of hydrogen-bond acceptors (Lipinski definition) is 3. The Labute approximate surface area is 161 Å². The van der Waals surface area contributed by atoms with E-state index in [-0.39, 0.29) is 18.9 Å². The van der Waals surface area contributed by atoms with Crippen LogP contribution in [0.15, 0.2) is 79.1 Å². The van der Waals surface area contributed by atoms with E-state index >= 15 is 0 Å². The van der Waals surface area contributed by atoms with Gasteiger partial charge in [0.1, 0.15) is 6.54 Å². The van der Waals surface area contributed by atoms with Crippen LogP contribution in [-0.2, 0) is 11.3 Å². The normalized spacial score (nSPS) is 10.3. The van der Waals surface area contributed by atoms with Gasteiger partial charge in [0.25, 0.3) is 5.91 Å². The van der Waals surface area contributed by atoms with Crippen LogP contribution in [0.2, 0.25) is 0 Å². The Morgan fingerprint density at radius 3 is 2.18 bits per heavy atom. The Bertz CT molecular complexity index is 968. The zero-order valence-corrected chi connectivity index (χ0v) is 15.0. The molecule has 0 saturated heterocycles. The molecule has 0 aliphatic rings. The molecule has 2 aromatic carbocycles. The zero-order chi connectivity index (χ0) is 19.9. The SMILES string of the molecule is O=C(CN(Cc1ccccc1)C(=O)O)Nn1ccc(C(=O)c2ccccc2)c1. The highest BCUT2D eigenvalue weighted by molar-refractivity contribution is 6.08. The van der Waals surface area contributed by atoms with Gasteiger partial charge in [0.05, 0.1) is 0 Å². The Hall–Kier alpha value is -3.87. The van der Waals surface area contributed by atoms with Crippen molar-refractivity contribution in [1.29, 1.82) is 0 Å². The first-order valence-corrected chi connectivity index (χ1v) is 8.62. The van der Waals surface area contributed by atoms with Crippen molar-refractivity contribution < 1.29 is 19.5 Å². The van der Waals surface area contributed by atoms with Gasteiger partial charge in [-0.15, -0.1) is 0 Å². The Balaban J connectivity index is 1.62. The van der Waals surface area contributed by atoms with Crippen LogP contribution in [0.5, 0.6) is 0 Å². The van der Waals surface area contributed by atoms with Crippen molar-refractivity contribution in [2.45, 2.75) is 6.54 Å². The number of ketones is 1. The predicted octanol–water partition coefficient (Wildman–Crippen LogP) is 2.97. The molecule has 0 spiro atoms. The summed E-state index contributed by atoms with van der Waals surface area (Å²) in [6.07, 6.45) is 1.85. The van der Waals surface area contributed by atoms with Crippen LogP contribution in [0.4, 0.5) is 4.79 Å². The van der Waals surface area contributed by atoms with E-state index in [1.54, 1.807) is 54.6 Å². The minimum Gasteiger partial charge on any atom is -0.465 e. The zero-order valence-electron chi connectivity index (χ0n) is 15.0. The summed E-state index contributed by atoms with van der Waals surface area (Å²) < 4.78 is 1.35. The lowest BCUT2D eigenvalue weighted by Gasteiger charge is -2.19. The van der Waals surface area contributed by atoms with Gasteiger partial charge in [-0.05, 0) is 11.6 Å². The summed E-state index contributed by atoms with van der Waals surface area (Å²) >= 11 is 0. The molecule has 1 heterocycles. The molecule has 0 radical (unpaired) electrons. The number of nitrogens with zero attached hydrogens (tertiary/aromatic N) is 2. The molecule has 142 valence electrons. The third-order valence-electron chi connectivity index (χ3n) is 4.07. The lowest BCUT2D eigenvalue weighted by atomic mass is 10.1. The van der Waals surface area contributed by atoms with Crippen LogP contribution in [-0.4, -0.2) is 39.0 Å². The summed E-state index contributed by atoms with van der Waals surface area (Å²) in [4.78, 5) is 37.1. The maximum absolute atomic E-state index is 12.4. The fourth-order valence-electron chi connectivity index (χ4n) is 2.70. The molecule has 0 bridgehead atoms. The number of aromatic nitrogens is 1. The van der Waals surface area contributed by atoms with Gasteiger partial charge in [-0.2, -0.15) is 0 Å². The highest BCUT2D eigenvalue weighted by Crippen LogP contribution is 2.10. The van der Waals surface area contributed by atoms with Gasteiger partial charge in [0.2, 0.25) is 0 Å². The molecule has 28 heavy (non-hydrogen) atoms. The van der Waals surface area contributed by atoms with Crippen molar-refractivity contribution in [3.63, 3.8) is 0 Å². The standard InChI is InChI=1S/C21H19N3O4/c25-19(15-23(21(27)28)13-16-7-3-1-4-8-16)22-24-12-11-18(14-24)20(26)17-9-5-2-6-10-17/h1-12,14H,13,15H2,(H,22,25)(H,27,28). The van der Waals surface area contributed by atoms with E-state index in [1.165, 1.54) is 17.1 Å². The number of carbonyl (C=O) groups excluding carboxylic acids is 2. The average molecular weight is 377 g/mol. The molecule has 0 aliphatic heterocycles. The van der Waals surface area contributed by atoms with Crippen molar-refractivity contribution in [2.75, 3.05) is 12.0 Å². The Kier molecular flexibility index (Phi) is 5.86. The highest BCUT2D eigenvalue weighted by atomic mass is 16.4. The molecule has 7 nitrogen and oxygen atoms in total. The summed E-state index contributed by atoms with van der Waals surface area (Å²) in [7, 11) is 0. The van der Waals surface area contributed by atoms with Crippen LogP contribution >= 0.6 is 0 Å². The molecule has 0 unspecified atom stereocenters. The van der Waals surface area contributed by atoms with Crippen LogP contribution < -0.4 is 5.43 Å². The second kappa shape index (κ2) is 8.68. The summed E-state index contributed by atoms with van der Waals surface area (Å²) in [6, 6.07) is 19.4. The maximum atomic E-state index is 12.4. The highest BCUT2D eigenvalue weighted by Gasteiger charge is 2.17. The van der Waals surface area contributed by atoms with Crippen LogP contribution in [0, 0.1) is 0 Å². The Morgan fingerprint density at radius 2 is 1.54 bits per heavy atom. The first-order valence-electron chi connectivity index (χ1n) is 8.62. The lowest BCUT2D eigenvalue weighted by molar-refractivity contribution is -0.118. The molecule has 0 aliphatic carbocycles. The maximum Gasteiger partial charge on any atom is 0.408 e. The molecule has 0 saturated carbocycles. The molecule has 1 aromatic heterocycles. The van der Waals surface area contributed by atoms with Crippen molar-refractivity contribution in [2.24, 2.45) is 0 Å². The number of hydrogen-bond donors (Lipinski definition) is 2. The average Bonchev–Trinajstić information content (AvgIpc) is 3.16. The van der Waals surface area contributed by atoms with Gasteiger partial charge in [0.15, 0.2) is 5.78 Å². The molecule has 2 amide bonds. The van der Waals surface area contributed by atoms with Gasteiger partial charge in [0, 0.05) is 30.1 Å². The van der Waals surface area contributed by atoms with Crippen molar-refractivity contribution in [3.05, 3.63) is 95.8 Å². The predicted molar refractivity (Wildman–Crippen MR) is 104 cm³/mol. The molecule has 3 aromatic rings. The monoisotopic (exact) mass is 377 g/mol. The minimum atomic E-state index is -1.19.